The zero-order valence-electron chi connectivity index (χ0n) is 11.2. The third-order valence-electron chi connectivity index (χ3n) is 2.78. The van der Waals surface area contributed by atoms with Gasteiger partial charge in [-0.2, -0.15) is 0 Å². The van der Waals surface area contributed by atoms with Crippen molar-refractivity contribution in [1.82, 2.24) is 5.16 Å². The molecule has 1 heterocycles. The van der Waals surface area contributed by atoms with Crippen molar-refractivity contribution in [1.29, 1.82) is 0 Å². The van der Waals surface area contributed by atoms with Crippen LogP contribution >= 0.6 is 0 Å². The molecule has 0 bridgehead atoms. The van der Waals surface area contributed by atoms with Crippen LogP contribution in [0.1, 0.15) is 5.76 Å². The van der Waals surface area contributed by atoms with Gasteiger partial charge in [0.15, 0.2) is 0 Å². The minimum absolute atomic E-state index is 0. The number of nitrogens with zero attached hydrogens (tertiary/aromatic N) is 1. The smallest absolute Gasteiger partial charge is 0.0512 e. The molecule has 3 aromatic rings. The summed E-state index contributed by atoms with van der Waals surface area (Å²) < 4.78 is 5.22. The predicted molar refractivity (Wildman–Crippen MR) is 79.9 cm³/mol. The number of rotatable bonds is 4. The van der Waals surface area contributed by atoms with Crippen molar-refractivity contribution >= 4 is 11.8 Å². The quantitative estimate of drug-likeness (QED) is 0.609. The van der Waals surface area contributed by atoms with Crippen LogP contribution in [0.25, 0.3) is 17.3 Å². The minimum atomic E-state index is 0. The first-order valence-electron chi connectivity index (χ1n) is 6.34. The summed E-state index contributed by atoms with van der Waals surface area (Å²) in [6.45, 7) is 0. The fourth-order valence-corrected chi connectivity index (χ4v) is 1.80. The molecule has 0 unspecified atom stereocenters. The van der Waals surface area contributed by atoms with Gasteiger partial charge in [0.05, 0.1) is 5.76 Å². The van der Waals surface area contributed by atoms with E-state index in [2.05, 4.69) is 16.5 Å². The Kier molecular flexibility index (Phi) is 5.51. The third kappa shape index (κ3) is 4.16. The molecule has 2 aromatic carbocycles. The molecular weight excluding hydrogens is 434 g/mol. The zero-order chi connectivity index (χ0) is 13.6. The molecule has 0 aliphatic heterocycles. The second kappa shape index (κ2) is 7.59. The van der Waals surface area contributed by atoms with Crippen LogP contribution in [0.2, 0.25) is 0 Å². The molecular formula is C17H13N2ORe-. The van der Waals surface area contributed by atoms with Crippen molar-refractivity contribution in [2.24, 2.45) is 0 Å². The summed E-state index contributed by atoms with van der Waals surface area (Å²) in [5.74, 6) is 0.590. The average molecular weight is 448 g/mol. The average Bonchev–Trinajstić information content (AvgIpc) is 2.98. The number of hydrogen-bond donors (Lipinski definition) is 1. The van der Waals surface area contributed by atoms with Crippen LogP contribution in [0.5, 0.6) is 0 Å². The summed E-state index contributed by atoms with van der Waals surface area (Å²) in [5.41, 5.74) is 2.73. The fraction of sp³-hybridized carbons (Fsp3) is 0. The van der Waals surface area contributed by atoms with Crippen molar-refractivity contribution in [3.05, 3.63) is 78.7 Å². The van der Waals surface area contributed by atoms with E-state index in [0.29, 0.717) is 11.5 Å². The normalized spacial score (nSPS) is 10.3. The van der Waals surface area contributed by atoms with E-state index in [4.69, 9.17) is 4.52 Å². The van der Waals surface area contributed by atoms with Crippen LogP contribution in [-0.2, 0) is 20.4 Å². The molecule has 0 aliphatic carbocycles. The van der Waals surface area contributed by atoms with E-state index in [9.17, 15) is 0 Å². The van der Waals surface area contributed by atoms with Crippen LogP contribution in [-0.4, -0.2) is 5.16 Å². The van der Waals surface area contributed by atoms with E-state index in [1.54, 1.807) is 12.3 Å². The van der Waals surface area contributed by atoms with Gasteiger partial charge in [-0.15, -0.1) is 23.4 Å². The first-order valence-corrected chi connectivity index (χ1v) is 6.34. The van der Waals surface area contributed by atoms with Crippen molar-refractivity contribution < 1.29 is 24.9 Å². The Morgan fingerprint density at radius 2 is 1.62 bits per heavy atom. The SMILES string of the molecule is [Re].[c-]1c(-c2ccccc2)noc1/C=C/Nc1ccccc1. The number of aromatic nitrogens is 1. The topological polar surface area (TPSA) is 38.1 Å². The Labute approximate surface area is 137 Å². The molecule has 3 rings (SSSR count). The van der Waals surface area contributed by atoms with Gasteiger partial charge in [-0.3, -0.25) is 0 Å². The van der Waals surface area contributed by atoms with Crippen LogP contribution in [0, 0.1) is 6.07 Å². The van der Waals surface area contributed by atoms with Gasteiger partial charge >= 0.3 is 0 Å². The molecule has 0 atom stereocenters. The van der Waals surface area contributed by atoms with Crippen LogP contribution < -0.4 is 5.32 Å². The van der Waals surface area contributed by atoms with Gasteiger partial charge in [-0.05, 0) is 12.1 Å². The van der Waals surface area contributed by atoms with E-state index in [0.717, 1.165) is 11.3 Å². The van der Waals surface area contributed by atoms with Gasteiger partial charge < -0.3 is 9.84 Å². The molecule has 1 N–H and O–H groups in total. The molecule has 0 saturated heterocycles. The van der Waals surface area contributed by atoms with E-state index in [1.807, 2.05) is 60.7 Å². The molecule has 0 amide bonds. The number of nitrogens with one attached hydrogen (secondary N) is 1. The van der Waals surface area contributed by atoms with E-state index < -0.39 is 0 Å². The molecule has 105 valence electrons. The summed E-state index contributed by atoms with van der Waals surface area (Å²) in [5, 5.41) is 7.16. The van der Waals surface area contributed by atoms with Gasteiger partial charge in [0.25, 0.3) is 0 Å². The maximum Gasteiger partial charge on any atom is 0.0512 e. The molecule has 0 fully saturated rings. The van der Waals surface area contributed by atoms with Crippen molar-refractivity contribution in [3.8, 4) is 11.3 Å². The maximum absolute atomic E-state index is 5.22. The molecule has 21 heavy (non-hydrogen) atoms. The minimum Gasteiger partial charge on any atom is -0.385 e. The molecule has 3 nitrogen and oxygen atoms in total. The third-order valence-corrected chi connectivity index (χ3v) is 2.78. The molecule has 1 radical (unpaired) electrons. The van der Waals surface area contributed by atoms with Crippen LogP contribution in [0.4, 0.5) is 5.69 Å². The molecule has 0 saturated carbocycles. The Balaban J connectivity index is 0.00000161. The second-order valence-corrected chi connectivity index (χ2v) is 4.23. The zero-order valence-corrected chi connectivity index (χ0v) is 13.9. The number of hydrogen-bond acceptors (Lipinski definition) is 3. The number of anilines is 1. The number of benzene rings is 2. The molecule has 0 spiro atoms. The summed E-state index contributed by atoms with van der Waals surface area (Å²) in [6.07, 6.45) is 3.60. The summed E-state index contributed by atoms with van der Waals surface area (Å²) in [6, 6.07) is 22.9. The van der Waals surface area contributed by atoms with Crippen LogP contribution in [0.15, 0.2) is 71.4 Å². The van der Waals surface area contributed by atoms with Gasteiger partial charge in [-0.25, -0.2) is 0 Å². The summed E-state index contributed by atoms with van der Waals surface area (Å²) >= 11 is 0. The Bertz CT molecular complexity index is 693. The first-order chi connectivity index (χ1) is 9.92. The Morgan fingerprint density at radius 1 is 0.952 bits per heavy atom. The largest absolute Gasteiger partial charge is 0.385 e. The standard InChI is InChI=1S/C17H13N2O.Re/c1-3-7-14(8-4-1)17-13-16(20-19-17)11-12-18-15-9-5-2-6-10-15;/h1-12,18H;/q-1;/b12-11+;. The van der Waals surface area contributed by atoms with Crippen molar-refractivity contribution in [2.45, 2.75) is 0 Å². The monoisotopic (exact) mass is 448 g/mol. The Hall–Kier alpha value is -2.15. The fourth-order valence-electron chi connectivity index (χ4n) is 1.80. The van der Waals surface area contributed by atoms with Crippen LogP contribution in [0.3, 0.4) is 0 Å². The van der Waals surface area contributed by atoms with E-state index in [1.165, 1.54) is 0 Å². The molecule has 4 heteroatoms. The maximum atomic E-state index is 5.22. The number of para-hydroxylation sites is 1. The first kappa shape index (κ1) is 15.2. The van der Waals surface area contributed by atoms with E-state index in [-0.39, 0.29) is 20.4 Å². The van der Waals surface area contributed by atoms with Gasteiger partial charge in [0.2, 0.25) is 0 Å². The molecule has 1 aromatic heterocycles. The summed E-state index contributed by atoms with van der Waals surface area (Å²) in [4.78, 5) is 0. The Morgan fingerprint density at radius 3 is 2.33 bits per heavy atom. The summed E-state index contributed by atoms with van der Waals surface area (Å²) in [7, 11) is 0. The predicted octanol–water partition coefficient (Wildman–Crippen LogP) is 4.22. The van der Waals surface area contributed by atoms with Crippen molar-refractivity contribution in [2.75, 3.05) is 5.32 Å². The van der Waals surface area contributed by atoms with Crippen molar-refractivity contribution in [3.63, 3.8) is 0 Å². The molecule has 0 aliphatic rings. The van der Waals surface area contributed by atoms with Gasteiger partial charge in [0.1, 0.15) is 0 Å². The van der Waals surface area contributed by atoms with E-state index >= 15 is 0 Å². The van der Waals surface area contributed by atoms with Gasteiger partial charge in [0, 0.05) is 31.8 Å². The second-order valence-electron chi connectivity index (χ2n) is 4.23. The van der Waals surface area contributed by atoms with Gasteiger partial charge in [-0.1, -0.05) is 54.2 Å².